The van der Waals surface area contributed by atoms with E-state index in [1.807, 2.05) is 0 Å². The van der Waals surface area contributed by atoms with Gasteiger partial charge in [-0.2, -0.15) is 0 Å². The van der Waals surface area contributed by atoms with E-state index in [0.29, 0.717) is 19.4 Å². The molecule has 41 heavy (non-hydrogen) atoms. The van der Waals surface area contributed by atoms with E-state index in [1.54, 1.807) is 13.8 Å². The summed E-state index contributed by atoms with van der Waals surface area (Å²) in [5, 5.41) is 31.2. The maximum Gasteiger partial charge on any atom is 0.328 e. The van der Waals surface area contributed by atoms with E-state index in [2.05, 4.69) is 31.6 Å². The molecular weight excluding hydrogens is 542 g/mol. The van der Waals surface area contributed by atoms with E-state index in [-0.39, 0.29) is 25.3 Å². The van der Waals surface area contributed by atoms with Crippen LogP contribution >= 0.6 is 0 Å². The molecule has 17 heteroatoms. The van der Waals surface area contributed by atoms with Crippen LogP contribution in [0, 0.1) is 5.92 Å². The number of hydrogen-bond donors (Lipinski definition) is 10. The van der Waals surface area contributed by atoms with Gasteiger partial charge in [0, 0.05) is 6.54 Å². The summed E-state index contributed by atoms with van der Waals surface area (Å²) in [5.74, 6) is -5.93. The van der Waals surface area contributed by atoms with Gasteiger partial charge in [0.2, 0.25) is 29.5 Å². The third-order valence-corrected chi connectivity index (χ3v) is 6.58. The standard InChI is InChI=1S/C24H43N9O8/c1-3-12(2)18(33-21(38)15(10-17(25)35)31-19(36)13-6-4-8-28-13)22(39)30-14(7-5-9-29-24(26)27)20(37)32-16(11-34)23(40)41/h12-16,18,28,34H,3-11H2,1-2H3,(H2,25,35)(H,30,39)(H,31,36)(H,32,37)(H,33,38)(H,40,41)(H4,26,27,29)/t12-,13-,14-,15-,16-,18-/m0/s1. The summed E-state index contributed by atoms with van der Waals surface area (Å²) >= 11 is 0. The van der Waals surface area contributed by atoms with Crippen LogP contribution in [0.5, 0.6) is 0 Å². The zero-order chi connectivity index (χ0) is 31.1. The first-order valence-electron chi connectivity index (χ1n) is 13.4. The minimum absolute atomic E-state index is 0.0119. The summed E-state index contributed by atoms with van der Waals surface area (Å²) in [6, 6.07) is -5.97. The Morgan fingerprint density at radius 3 is 2.10 bits per heavy atom. The highest BCUT2D eigenvalue weighted by molar-refractivity contribution is 5.97. The SMILES string of the molecule is CC[C@H](C)[C@H](NC(=O)[C@H](CC(N)=O)NC(=O)[C@@H]1CCCN1)C(=O)N[C@@H](CCCN=C(N)N)C(=O)N[C@@H](CO)C(=O)O. The Morgan fingerprint density at radius 1 is 0.951 bits per heavy atom. The number of amides is 5. The van der Waals surface area contributed by atoms with Crippen LogP contribution in [0.3, 0.4) is 0 Å². The van der Waals surface area contributed by atoms with Gasteiger partial charge in [0.15, 0.2) is 5.96 Å². The number of nitrogens with two attached hydrogens (primary N) is 3. The number of nitrogens with zero attached hydrogens (tertiary/aromatic N) is 1. The first-order chi connectivity index (χ1) is 19.3. The molecule has 1 aliphatic heterocycles. The molecule has 232 valence electrons. The third kappa shape index (κ3) is 12.4. The van der Waals surface area contributed by atoms with Crippen LogP contribution < -0.4 is 43.8 Å². The van der Waals surface area contributed by atoms with Gasteiger partial charge in [0.05, 0.1) is 19.1 Å². The number of carboxylic acid groups (broad SMARTS) is 1. The zero-order valence-electron chi connectivity index (χ0n) is 23.4. The Balaban J connectivity index is 3.11. The molecule has 0 unspecified atom stereocenters. The van der Waals surface area contributed by atoms with Crippen molar-refractivity contribution in [2.24, 2.45) is 28.1 Å². The Labute approximate surface area is 237 Å². The van der Waals surface area contributed by atoms with Crippen LogP contribution in [0.1, 0.15) is 52.4 Å². The summed E-state index contributed by atoms with van der Waals surface area (Å²) < 4.78 is 0. The molecule has 1 saturated heterocycles. The molecule has 1 heterocycles. The van der Waals surface area contributed by atoms with Crippen molar-refractivity contribution in [2.75, 3.05) is 19.7 Å². The molecular formula is C24H43N9O8. The van der Waals surface area contributed by atoms with Crippen molar-refractivity contribution in [3.05, 3.63) is 0 Å². The number of carboxylic acids is 1. The number of carbonyl (C=O) groups excluding carboxylic acids is 5. The van der Waals surface area contributed by atoms with Gasteiger partial charge in [-0.05, 0) is 38.1 Å². The highest BCUT2D eigenvalue weighted by Crippen LogP contribution is 2.11. The molecule has 17 nitrogen and oxygen atoms in total. The van der Waals surface area contributed by atoms with Gasteiger partial charge in [0.1, 0.15) is 24.2 Å². The van der Waals surface area contributed by atoms with Crippen LogP contribution in [0.15, 0.2) is 4.99 Å². The predicted molar refractivity (Wildman–Crippen MR) is 147 cm³/mol. The number of aliphatic imine (C=N–C) groups is 1. The highest BCUT2D eigenvalue weighted by Gasteiger charge is 2.34. The van der Waals surface area contributed by atoms with Crippen LogP contribution in [0.4, 0.5) is 0 Å². The zero-order valence-corrected chi connectivity index (χ0v) is 23.4. The van der Waals surface area contributed by atoms with Gasteiger partial charge >= 0.3 is 5.97 Å². The van der Waals surface area contributed by atoms with Crippen LogP contribution in [0.2, 0.25) is 0 Å². The number of aliphatic hydroxyl groups is 1. The third-order valence-electron chi connectivity index (χ3n) is 6.58. The monoisotopic (exact) mass is 585 g/mol. The van der Waals surface area contributed by atoms with Gasteiger partial charge in [-0.1, -0.05) is 20.3 Å². The van der Waals surface area contributed by atoms with E-state index in [9.17, 15) is 39.0 Å². The van der Waals surface area contributed by atoms with E-state index < -0.39 is 84.7 Å². The van der Waals surface area contributed by atoms with E-state index >= 15 is 0 Å². The van der Waals surface area contributed by atoms with Crippen LogP contribution in [0.25, 0.3) is 0 Å². The molecule has 0 radical (unpaired) electrons. The minimum Gasteiger partial charge on any atom is -0.480 e. The molecule has 0 spiro atoms. The Hall–Kier alpha value is -3.99. The van der Waals surface area contributed by atoms with Crippen molar-refractivity contribution in [1.29, 1.82) is 0 Å². The smallest absolute Gasteiger partial charge is 0.328 e. The molecule has 0 aromatic carbocycles. The fraction of sp³-hybridized carbons (Fsp3) is 0.708. The van der Waals surface area contributed by atoms with Gasteiger partial charge in [-0.3, -0.25) is 29.0 Å². The Bertz CT molecular complexity index is 967. The maximum atomic E-state index is 13.4. The average molecular weight is 586 g/mol. The van der Waals surface area contributed by atoms with Gasteiger partial charge < -0.3 is 54.0 Å². The molecule has 1 rings (SSSR count). The number of hydrogen-bond acceptors (Lipinski definition) is 9. The first-order valence-corrected chi connectivity index (χ1v) is 13.4. The topological polar surface area (TPSA) is 293 Å². The lowest BCUT2D eigenvalue weighted by Gasteiger charge is -2.28. The maximum absolute atomic E-state index is 13.4. The second-order valence-corrected chi connectivity index (χ2v) is 9.84. The number of aliphatic carboxylic acids is 1. The molecule has 1 aliphatic rings. The first kappa shape index (κ1) is 35.0. The summed E-state index contributed by atoms with van der Waals surface area (Å²) in [5.41, 5.74) is 15.9. The number of rotatable bonds is 18. The van der Waals surface area contributed by atoms with Gasteiger partial charge in [-0.25, -0.2) is 4.79 Å². The molecule has 6 atom stereocenters. The van der Waals surface area contributed by atoms with E-state index in [4.69, 9.17) is 17.2 Å². The number of carbonyl (C=O) groups is 6. The fourth-order valence-corrected chi connectivity index (χ4v) is 4.04. The van der Waals surface area contributed by atoms with Crippen molar-refractivity contribution in [3.63, 3.8) is 0 Å². The lowest BCUT2D eigenvalue weighted by atomic mass is 9.96. The lowest BCUT2D eigenvalue weighted by Crippen LogP contribution is -2.60. The van der Waals surface area contributed by atoms with Crippen LogP contribution in [-0.2, 0) is 28.8 Å². The summed E-state index contributed by atoms with van der Waals surface area (Å²) in [4.78, 5) is 78.7. The Morgan fingerprint density at radius 2 is 1.59 bits per heavy atom. The molecule has 1 fully saturated rings. The second-order valence-electron chi connectivity index (χ2n) is 9.84. The minimum atomic E-state index is -1.61. The van der Waals surface area contributed by atoms with Crippen molar-refractivity contribution < 1.29 is 39.0 Å². The predicted octanol–water partition coefficient (Wildman–Crippen LogP) is -4.27. The van der Waals surface area contributed by atoms with Crippen molar-refractivity contribution in [2.45, 2.75) is 82.6 Å². The molecule has 13 N–H and O–H groups in total. The number of aliphatic hydroxyl groups excluding tert-OH is 1. The number of guanidine groups is 1. The van der Waals surface area contributed by atoms with Crippen LogP contribution in [-0.4, -0.2) is 102 Å². The van der Waals surface area contributed by atoms with E-state index in [1.165, 1.54) is 0 Å². The quantitative estimate of drug-likeness (QED) is 0.0417. The second kappa shape index (κ2) is 17.6. The molecule has 5 amide bonds. The lowest BCUT2D eigenvalue weighted by molar-refractivity contribution is -0.143. The van der Waals surface area contributed by atoms with E-state index in [0.717, 1.165) is 6.42 Å². The summed E-state index contributed by atoms with van der Waals surface area (Å²) in [7, 11) is 0. The van der Waals surface area contributed by atoms with Gasteiger partial charge in [-0.15, -0.1) is 0 Å². The number of nitrogens with one attached hydrogen (secondary N) is 5. The normalized spacial score (nSPS) is 18.1. The highest BCUT2D eigenvalue weighted by atomic mass is 16.4. The number of primary amides is 1. The van der Waals surface area contributed by atoms with Gasteiger partial charge in [0.25, 0.3) is 0 Å². The average Bonchev–Trinajstić information content (AvgIpc) is 3.45. The molecule has 0 aromatic rings. The Kier molecular flexibility index (Phi) is 15.1. The van der Waals surface area contributed by atoms with Crippen molar-refractivity contribution in [1.82, 2.24) is 26.6 Å². The largest absolute Gasteiger partial charge is 0.480 e. The molecule has 0 aliphatic carbocycles. The molecule has 0 bridgehead atoms. The summed E-state index contributed by atoms with van der Waals surface area (Å²) in [6.45, 7) is 3.30. The van der Waals surface area contributed by atoms with Crippen molar-refractivity contribution >= 4 is 41.5 Å². The molecule has 0 aromatic heterocycles. The van der Waals surface area contributed by atoms with Crippen molar-refractivity contribution in [3.8, 4) is 0 Å². The fourth-order valence-electron chi connectivity index (χ4n) is 4.04. The summed E-state index contributed by atoms with van der Waals surface area (Å²) in [6.07, 6.45) is 1.45. The molecule has 0 saturated carbocycles.